The van der Waals surface area contributed by atoms with Gasteiger partial charge in [0.1, 0.15) is 5.02 Å². The number of hydrogen-bond acceptors (Lipinski definition) is 3. The molecule has 0 bridgehead atoms. The highest BCUT2D eigenvalue weighted by atomic mass is 35.5. The van der Waals surface area contributed by atoms with Gasteiger partial charge in [-0.3, -0.25) is 14.8 Å². The number of nitro groups is 1. The molecule has 0 radical (unpaired) electrons. The molecule has 2 rings (SSSR count). The molecule has 0 amide bonds. The maximum Gasteiger partial charge on any atom is 0.288 e. The predicted molar refractivity (Wildman–Crippen MR) is 68.9 cm³/mol. The third kappa shape index (κ3) is 2.51. The standard InChI is InChI=1S/C12H12ClN3O2/c1-8-5-9(2)15(14-8)7-10-3-4-11(13)12(6-10)16(17)18/h3-6H,7H2,1-2H3. The van der Waals surface area contributed by atoms with E-state index in [-0.39, 0.29) is 10.7 Å². The molecule has 0 spiro atoms. The molecule has 1 aromatic heterocycles. The van der Waals surface area contributed by atoms with E-state index in [1.807, 2.05) is 24.6 Å². The van der Waals surface area contributed by atoms with Crippen molar-refractivity contribution in [2.24, 2.45) is 0 Å². The van der Waals surface area contributed by atoms with Crippen LogP contribution in [0.5, 0.6) is 0 Å². The summed E-state index contributed by atoms with van der Waals surface area (Å²) < 4.78 is 1.81. The van der Waals surface area contributed by atoms with Gasteiger partial charge in [-0.1, -0.05) is 17.7 Å². The molecule has 18 heavy (non-hydrogen) atoms. The molecule has 0 aliphatic heterocycles. The van der Waals surface area contributed by atoms with Crippen molar-refractivity contribution in [2.45, 2.75) is 20.4 Å². The van der Waals surface area contributed by atoms with Crippen LogP contribution in [0.25, 0.3) is 0 Å². The van der Waals surface area contributed by atoms with E-state index < -0.39 is 4.92 Å². The van der Waals surface area contributed by atoms with E-state index in [0.29, 0.717) is 6.54 Å². The Bertz CT molecular complexity index is 607. The average Bonchev–Trinajstić information content (AvgIpc) is 2.60. The summed E-state index contributed by atoms with van der Waals surface area (Å²) in [6.07, 6.45) is 0. The summed E-state index contributed by atoms with van der Waals surface area (Å²) in [7, 11) is 0. The summed E-state index contributed by atoms with van der Waals surface area (Å²) in [6, 6.07) is 6.76. The molecule has 0 aliphatic carbocycles. The van der Waals surface area contributed by atoms with E-state index in [0.717, 1.165) is 17.0 Å². The molecule has 6 heteroatoms. The third-order valence-electron chi connectivity index (χ3n) is 2.64. The molecule has 0 atom stereocenters. The van der Waals surface area contributed by atoms with Crippen LogP contribution in [0.2, 0.25) is 5.02 Å². The fourth-order valence-corrected chi connectivity index (χ4v) is 1.99. The summed E-state index contributed by atoms with van der Waals surface area (Å²) in [5, 5.41) is 15.3. The normalized spacial score (nSPS) is 10.6. The van der Waals surface area contributed by atoms with Crippen molar-refractivity contribution in [1.82, 2.24) is 9.78 Å². The van der Waals surface area contributed by atoms with Crippen molar-refractivity contribution in [1.29, 1.82) is 0 Å². The maximum absolute atomic E-state index is 10.8. The van der Waals surface area contributed by atoms with Crippen molar-refractivity contribution in [3.8, 4) is 0 Å². The largest absolute Gasteiger partial charge is 0.288 e. The molecule has 0 saturated heterocycles. The van der Waals surface area contributed by atoms with Crippen LogP contribution in [0.4, 0.5) is 5.69 Å². The Hall–Kier alpha value is -1.88. The molecular formula is C12H12ClN3O2. The topological polar surface area (TPSA) is 61.0 Å². The first kappa shape index (κ1) is 12.6. The second kappa shape index (κ2) is 4.78. The van der Waals surface area contributed by atoms with Gasteiger partial charge in [0, 0.05) is 11.8 Å². The van der Waals surface area contributed by atoms with Crippen LogP contribution in [0.15, 0.2) is 24.3 Å². The Labute approximate surface area is 109 Å². The lowest BCUT2D eigenvalue weighted by Crippen LogP contribution is -2.04. The number of hydrogen-bond donors (Lipinski definition) is 0. The highest BCUT2D eigenvalue weighted by molar-refractivity contribution is 6.32. The van der Waals surface area contributed by atoms with Crippen LogP contribution in [0.3, 0.4) is 0 Å². The van der Waals surface area contributed by atoms with Crippen LogP contribution >= 0.6 is 11.6 Å². The molecule has 94 valence electrons. The molecule has 0 fully saturated rings. The Morgan fingerprint density at radius 2 is 2.11 bits per heavy atom. The van der Waals surface area contributed by atoms with E-state index in [2.05, 4.69) is 5.10 Å². The quantitative estimate of drug-likeness (QED) is 0.633. The second-order valence-corrected chi connectivity index (χ2v) is 4.53. The number of nitro benzene ring substituents is 1. The Kier molecular flexibility index (Phi) is 3.34. The fourth-order valence-electron chi connectivity index (χ4n) is 1.80. The van der Waals surface area contributed by atoms with Crippen LogP contribution in [0.1, 0.15) is 17.0 Å². The third-order valence-corrected chi connectivity index (χ3v) is 2.96. The molecule has 0 saturated carbocycles. The van der Waals surface area contributed by atoms with E-state index in [9.17, 15) is 10.1 Å². The summed E-state index contributed by atoms with van der Waals surface area (Å²) in [4.78, 5) is 10.3. The van der Waals surface area contributed by atoms with Crippen LogP contribution in [-0.2, 0) is 6.54 Å². The molecule has 2 aromatic rings. The fraction of sp³-hybridized carbons (Fsp3) is 0.250. The lowest BCUT2D eigenvalue weighted by atomic mass is 10.2. The minimum absolute atomic E-state index is 0.0734. The average molecular weight is 266 g/mol. The van der Waals surface area contributed by atoms with Gasteiger partial charge in [-0.05, 0) is 31.5 Å². The van der Waals surface area contributed by atoms with Crippen molar-refractivity contribution >= 4 is 17.3 Å². The number of rotatable bonds is 3. The van der Waals surface area contributed by atoms with Crippen LogP contribution in [0, 0.1) is 24.0 Å². The Morgan fingerprint density at radius 3 is 2.67 bits per heavy atom. The predicted octanol–water partition coefficient (Wildman–Crippen LogP) is 3.11. The van der Waals surface area contributed by atoms with E-state index in [4.69, 9.17) is 11.6 Å². The number of benzene rings is 1. The van der Waals surface area contributed by atoms with Crippen molar-refractivity contribution in [3.63, 3.8) is 0 Å². The second-order valence-electron chi connectivity index (χ2n) is 4.13. The van der Waals surface area contributed by atoms with Crippen LogP contribution in [-0.4, -0.2) is 14.7 Å². The lowest BCUT2D eigenvalue weighted by molar-refractivity contribution is -0.384. The molecule has 0 aliphatic rings. The monoisotopic (exact) mass is 265 g/mol. The van der Waals surface area contributed by atoms with Gasteiger partial charge in [0.2, 0.25) is 0 Å². The van der Waals surface area contributed by atoms with Gasteiger partial charge < -0.3 is 0 Å². The van der Waals surface area contributed by atoms with Gasteiger partial charge in [0.25, 0.3) is 5.69 Å². The minimum Gasteiger partial charge on any atom is -0.265 e. The van der Waals surface area contributed by atoms with Gasteiger partial charge in [0.15, 0.2) is 0 Å². The summed E-state index contributed by atoms with van der Waals surface area (Å²) in [5.74, 6) is 0. The van der Waals surface area contributed by atoms with Crippen LogP contribution < -0.4 is 0 Å². The van der Waals surface area contributed by atoms with E-state index in [1.165, 1.54) is 6.07 Å². The number of halogens is 1. The highest BCUT2D eigenvalue weighted by Crippen LogP contribution is 2.25. The van der Waals surface area contributed by atoms with E-state index >= 15 is 0 Å². The highest BCUT2D eigenvalue weighted by Gasteiger charge is 2.13. The molecule has 1 heterocycles. The van der Waals surface area contributed by atoms with Gasteiger partial charge in [-0.2, -0.15) is 5.10 Å². The first-order valence-electron chi connectivity index (χ1n) is 5.41. The Balaban J connectivity index is 2.32. The first-order chi connectivity index (χ1) is 8.47. The van der Waals surface area contributed by atoms with Gasteiger partial charge in [-0.25, -0.2) is 0 Å². The Morgan fingerprint density at radius 1 is 1.39 bits per heavy atom. The first-order valence-corrected chi connectivity index (χ1v) is 5.79. The zero-order valence-corrected chi connectivity index (χ0v) is 10.8. The zero-order chi connectivity index (χ0) is 13.3. The molecule has 0 N–H and O–H groups in total. The molecule has 5 nitrogen and oxygen atoms in total. The molecular weight excluding hydrogens is 254 g/mol. The smallest absolute Gasteiger partial charge is 0.265 e. The SMILES string of the molecule is Cc1cc(C)n(Cc2ccc(Cl)c([N+](=O)[O-])c2)n1. The lowest BCUT2D eigenvalue weighted by Gasteiger charge is -2.05. The van der Waals surface area contributed by atoms with Crippen molar-refractivity contribution < 1.29 is 4.92 Å². The maximum atomic E-state index is 10.8. The molecule has 1 aromatic carbocycles. The van der Waals surface area contributed by atoms with Crippen molar-refractivity contribution in [2.75, 3.05) is 0 Å². The number of aromatic nitrogens is 2. The zero-order valence-electron chi connectivity index (χ0n) is 10.1. The summed E-state index contributed by atoms with van der Waals surface area (Å²) in [6.45, 7) is 4.36. The van der Waals surface area contributed by atoms with Crippen molar-refractivity contribution in [3.05, 3.63) is 56.4 Å². The minimum atomic E-state index is -0.479. The summed E-state index contributed by atoms with van der Waals surface area (Å²) >= 11 is 5.77. The number of nitrogens with zero attached hydrogens (tertiary/aromatic N) is 3. The van der Waals surface area contributed by atoms with Gasteiger partial charge in [-0.15, -0.1) is 0 Å². The van der Waals surface area contributed by atoms with Gasteiger partial charge in [0.05, 0.1) is 17.2 Å². The van der Waals surface area contributed by atoms with Gasteiger partial charge >= 0.3 is 0 Å². The number of aryl methyl sites for hydroxylation is 2. The van der Waals surface area contributed by atoms with E-state index in [1.54, 1.807) is 12.1 Å². The molecule has 0 unspecified atom stereocenters. The summed E-state index contributed by atoms with van der Waals surface area (Å²) in [5.41, 5.74) is 2.68.